The van der Waals surface area contributed by atoms with Gasteiger partial charge in [-0.25, -0.2) is 4.98 Å². The molecule has 5 rings (SSSR count). The zero-order valence-corrected chi connectivity index (χ0v) is 18.0. The summed E-state index contributed by atoms with van der Waals surface area (Å²) in [5.74, 6) is 1.28. The first kappa shape index (κ1) is 21.1. The lowest BCUT2D eigenvalue weighted by Crippen LogP contribution is -2.13. The molecule has 0 saturated heterocycles. The summed E-state index contributed by atoms with van der Waals surface area (Å²) >= 11 is 0. The van der Waals surface area contributed by atoms with E-state index in [1.165, 1.54) is 0 Å². The Labute approximate surface area is 197 Å². The van der Waals surface area contributed by atoms with Crippen molar-refractivity contribution in [3.8, 4) is 11.5 Å². The average molecular weight is 443 g/mol. The van der Waals surface area contributed by atoms with E-state index in [-0.39, 0.29) is 5.91 Å². The summed E-state index contributed by atoms with van der Waals surface area (Å²) in [5.41, 5.74) is 3.56. The highest BCUT2D eigenvalue weighted by molar-refractivity contribution is 6.33. The van der Waals surface area contributed by atoms with E-state index in [0.717, 1.165) is 22.3 Å². The van der Waals surface area contributed by atoms with E-state index in [4.69, 9.17) is 12.6 Å². The monoisotopic (exact) mass is 443 g/mol. The quantitative estimate of drug-likeness (QED) is 0.373. The summed E-state index contributed by atoms with van der Waals surface area (Å²) in [4.78, 5) is 25.4. The lowest BCUT2D eigenvalue weighted by molar-refractivity contribution is 0.102. The Kier molecular flexibility index (Phi) is 5.86. The van der Waals surface area contributed by atoms with Gasteiger partial charge in [-0.1, -0.05) is 23.7 Å². The van der Waals surface area contributed by atoms with Gasteiger partial charge in [-0.3, -0.25) is 14.8 Å². The summed E-state index contributed by atoms with van der Waals surface area (Å²) in [6.45, 7) is 0. The van der Waals surface area contributed by atoms with Crippen LogP contribution in [0, 0.1) is 0 Å². The van der Waals surface area contributed by atoms with Crippen LogP contribution in [-0.4, -0.2) is 28.7 Å². The van der Waals surface area contributed by atoms with E-state index in [1.54, 1.807) is 61.2 Å². The Morgan fingerprint density at radius 1 is 0.824 bits per heavy atom. The Balaban J connectivity index is 1.33. The van der Waals surface area contributed by atoms with Crippen molar-refractivity contribution in [2.24, 2.45) is 0 Å². The van der Waals surface area contributed by atoms with Crippen molar-refractivity contribution in [1.82, 2.24) is 15.0 Å². The lowest BCUT2D eigenvalue weighted by atomic mass is 9.94. The first-order valence-corrected chi connectivity index (χ1v) is 10.5. The molecule has 34 heavy (non-hydrogen) atoms. The molecule has 0 unspecified atom stereocenters. The summed E-state index contributed by atoms with van der Waals surface area (Å²) in [5, 5.41) is 7.07. The third kappa shape index (κ3) is 4.86. The van der Waals surface area contributed by atoms with Crippen LogP contribution in [0.5, 0.6) is 11.5 Å². The van der Waals surface area contributed by atoms with Gasteiger partial charge in [0, 0.05) is 53.2 Å². The van der Waals surface area contributed by atoms with Crippen LogP contribution in [0.15, 0.2) is 97.6 Å². The highest BCUT2D eigenvalue weighted by atomic mass is 16.5. The summed E-state index contributed by atoms with van der Waals surface area (Å²) in [6.07, 6.45) is 6.59. The number of aromatic nitrogens is 3. The number of hydrogen-bond acceptors (Lipinski definition) is 6. The topological polar surface area (TPSA) is 89.0 Å². The van der Waals surface area contributed by atoms with E-state index in [2.05, 4.69) is 25.6 Å². The van der Waals surface area contributed by atoms with Crippen LogP contribution < -0.4 is 20.8 Å². The fourth-order valence-corrected chi connectivity index (χ4v) is 3.44. The molecular formula is C26H18BN5O2. The first-order chi connectivity index (χ1) is 16.6. The molecule has 0 aliphatic rings. The van der Waals surface area contributed by atoms with Gasteiger partial charge in [-0.05, 0) is 48.5 Å². The number of carbonyl (C=O) groups is 1. The van der Waals surface area contributed by atoms with Crippen LogP contribution in [0.4, 0.5) is 17.2 Å². The molecule has 3 aromatic heterocycles. The highest BCUT2D eigenvalue weighted by Crippen LogP contribution is 2.26. The van der Waals surface area contributed by atoms with Crippen molar-refractivity contribution < 1.29 is 9.53 Å². The van der Waals surface area contributed by atoms with Crippen molar-refractivity contribution in [2.75, 3.05) is 10.6 Å². The van der Waals surface area contributed by atoms with Crippen molar-refractivity contribution in [2.45, 2.75) is 0 Å². The van der Waals surface area contributed by atoms with E-state index in [0.29, 0.717) is 28.3 Å². The summed E-state index contributed by atoms with van der Waals surface area (Å²) < 4.78 is 5.78. The number of anilines is 3. The minimum absolute atomic E-state index is 0.291. The van der Waals surface area contributed by atoms with Gasteiger partial charge in [-0.15, -0.1) is 0 Å². The number of ether oxygens (including phenoxy) is 1. The number of rotatable bonds is 6. The van der Waals surface area contributed by atoms with E-state index >= 15 is 0 Å². The number of nitrogens with one attached hydrogen (secondary N) is 2. The zero-order valence-electron chi connectivity index (χ0n) is 18.0. The standard InChI is InChI=1S/C26H18BN5O2/c27-18-4-5-23-22(15-18)24(9-13-29-23)31-19-3-1-2-17(14-19)26(33)32-25-16-21(8-12-30-25)34-20-6-10-28-11-7-20/h1-16H,(H,29,31)(H,30,32,33). The maximum Gasteiger partial charge on any atom is 0.256 e. The average Bonchev–Trinajstić information content (AvgIpc) is 2.85. The molecule has 0 saturated carbocycles. The maximum atomic E-state index is 12.9. The van der Waals surface area contributed by atoms with Gasteiger partial charge in [0.05, 0.1) is 5.52 Å². The number of amides is 1. The molecule has 0 atom stereocenters. The number of pyridine rings is 3. The lowest BCUT2D eigenvalue weighted by Gasteiger charge is -2.12. The molecule has 0 bridgehead atoms. The van der Waals surface area contributed by atoms with Gasteiger partial charge >= 0.3 is 0 Å². The normalized spacial score (nSPS) is 10.6. The van der Waals surface area contributed by atoms with Gasteiger partial charge in [0.1, 0.15) is 25.2 Å². The molecule has 2 radical (unpaired) electrons. The van der Waals surface area contributed by atoms with Crippen LogP contribution in [0.25, 0.3) is 10.9 Å². The fraction of sp³-hybridized carbons (Fsp3) is 0. The van der Waals surface area contributed by atoms with Crippen LogP contribution in [-0.2, 0) is 0 Å². The molecule has 2 aromatic carbocycles. The largest absolute Gasteiger partial charge is 0.457 e. The second-order valence-corrected chi connectivity index (χ2v) is 7.46. The van der Waals surface area contributed by atoms with Crippen LogP contribution in [0.1, 0.15) is 10.4 Å². The summed E-state index contributed by atoms with van der Waals surface area (Å²) in [6, 6.07) is 21.5. The van der Waals surface area contributed by atoms with Gasteiger partial charge in [-0.2, -0.15) is 0 Å². The fourth-order valence-electron chi connectivity index (χ4n) is 3.44. The molecular weight excluding hydrogens is 425 g/mol. The second kappa shape index (κ2) is 9.42. The number of benzene rings is 2. The third-order valence-electron chi connectivity index (χ3n) is 5.03. The van der Waals surface area contributed by atoms with Gasteiger partial charge in [0.25, 0.3) is 5.91 Å². The van der Waals surface area contributed by atoms with Crippen LogP contribution in [0.3, 0.4) is 0 Å². The van der Waals surface area contributed by atoms with Gasteiger partial charge in [0.15, 0.2) is 0 Å². The molecule has 3 heterocycles. The Morgan fingerprint density at radius 2 is 1.65 bits per heavy atom. The molecule has 5 aromatic rings. The molecule has 0 aliphatic carbocycles. The third-order valence-corrected chi connectivity index (χ3v) is 5.03. The number of hydrogen-bond donors (Lipinski definition) is 2. The molecule has 162 valence electrons. The molecule has 8 heteroatoms. The zero-order chi connectivity index (χ0) is 23.3. The first-order valence-electron chi connectivity index (χ1n) is 10.5. The van der Waals surface area contributed by atoms with Gasteiger partial charge < -0.3 is 15.4 Å². The van der Waals surface area contributed by atoms with E-state index in [1.807, 2.05) is 36.4 Å². The van der Waals surface area contributed by atoms with Crippen molar-refractivity contribution in [3.63, 3.8) is 0 Å². The Bertz CT molecular complexity index is 1480. The minimum Gasteiger partial charge on any atom is -0.457 e. The predicted molar refractivity (Wildman–Crippen MR) is 133 cm³/mol. The van der Waals surface area contributed by atoms with Crippen molar-refractivity contribution in [1.29, 1.82) is 0 Å². The van der Waals surface area contributed by atoms with Gasteiger partial charge in [0.2, 0.25) is 0 Å². The Hall–Kier alpha value is -4.72. The maximum absolute atomic E-state index is 12.9. The molecule has 0 fully saturated rings. The molecule has 1 amide bonds. The van der Waals surface area contributed by atoms with E-state index in [9.17, 15) is 4.79 Å². The van der Waals surface area contributed by atoms with Crippen LogP contribution >= 0.6 is 0 Å². The SMILES string of the molecule is [B]c1ccc2nccc(Nc3cccc(C(=O)Nc4cc(Oc5ccncc5)ccn4)c3)c2c1. The van der Waals surface area contributed by atoms with Crippen molar-refractivity contribution in [3.05, 3.63) is 103 Å². The predicted octanol–water partition coefficient (Wildman–Crippen LogP) is 4.61. The molecule has 0 spiro atoms. The molecule has 0 aliphatic heterocycles. The van der Waals surface area contributed by atoms with E-state index < -0.39 is 0 Å². The molecule has 2 N–H and O–H groups in total. The number of carbonyl (C=O) groups excluding carboxylic acids is 1. The second-order valence-electron chi connectivity index (χ2n) is 7.46. The number of fused-ring (bicyclic) bond motifs is 1. The van der Waals surface area contributed by atoms with Crippen LogP contribution in [0.2, 0.25) is 0 Å². The van der Waals surface area contributed by atoms with Crippen molar-refractivity contribution >= 4 is 47.3 Å². The minimum atomic E-state index is -0.291. The smallest absolute Gasteiger partial charge is 0.256 e. The number of nitrogens with zero attached hydrogens (tertiary/aromatic N) is 3. The summed E-state index contributed by atoms with van der Waals surface area (Å²) in [7, 11) is 5.95. The highest BCUT2D eigenvalue weighted by Gasteiger charge is 2.10. The molecule has 7 nitrogen and oxygen atoms in total. The Morgan fingerprint density at radius 3 is 2.53 bits per heavy atom.